The monoisotopic (exact) mass is 499 g/mol. The standard InChI is InChI=1S/C15H25N5O2S2.HI/c1-15(2)12-20(9-10-23-15)14(16-3)18-7-8-19-24(21,22)13-5-4-6-17-11-13;/h4-6,11,19H,7-10,12H2,1-3H3,(H,16,18);1H. The Balaban J connectivity index is 0.00000312. The van der Waals surface area contributed by atoms with Crippen LogP contribution in [0.1, 0.15) is 13.8 Å². The second-order valence-electron chi connectivity index (χ2n) is 6.09. The van der Waals surface area contributed by atoms with Crippen molar-refractivity contribution in [3.8, 4) is 0 Å². The summed E-state index contributed by atoms with van der Waals surface area (Å²) in [4.78, 5) is 10.5. The highest BCUT2D eigenvalue weighted by atomic mass is 127. The van der Waals surface area contributed by atoms with Crippen molar-refractivity contribution in [3.05, 3.63) is 24.5 Å². The summed E-state index contributed by atoms with van der Waals surface area (Å²) in [6.45, 7) is 7.05. The van der Waals surface area contributed by atoms with Gasteiger partial charge in [0.05, 0.1) is 0 Å². The van der Waals surface area contributed by atoms with Crippen molar-refractivity contribution in [2.24, 2.45) is 4.99 Å². The maximum Gasteiger partial charge on any atom is 0.242 e. The molecule has 1 saturated heterocycles. The molecule has 25 heavy (non-hydrogen) atoms. The van der Waals surface area contributed by atoms with Crippen LogP contribution in [0.15, 0.2) is 34.4 Å². The first-order chi connectivity index (χ1) is 11.3. The van der Waals surface area contributed by atoms with E-state index in [1.54, 1.807) is 19.3 Å². The SMILES string of the molecule is CN=C(NCCNS(=O)(=O)c1cccnc1)N1CCSC(C)(C)C1.I. The van der Waals surface area contributed by atoms with Gasteiger partial charge in [-0.15, -0.1) is 24.0 Å². The summed E-state index contributed by atoms with van der Waals surface area (Å²) < 4.78 is 27.0. The van der Waals surface area contributed by atoms with Crippen LogP contribution < -0.4 is 10.0 Å². The van der Waals surface area contributed by atoms with E-state index in [9.17, 15) is 8.42 Å². The van der Waals surface area contributed by atoms with E-state index in [0.29, 0.717) is 6.54 Å². The zero-order valence-corrected chi connectivity index (χ0v) is 18.7. The summed E-state index contributed by atoms with van der Waals surface area (Å²) in [5.74, 6) is 1.87. The number of nitrogens with one attached hydrogen (secondary N) is 2. The lowest BCUT2D eigenvalue weighted by atomic mass is 10.2. The van der Waals surface area contributed by atoms with Gasteiger partial charge >= 0.3 is 0 Å². The predicted molar refractivity (Wildman–Crippen MR) is 114 cm³/mol. The summed E-state index contributed by atoms with van der Waals surface area (Å²) in [6, 6.07) is 3.12. The minimum Gasteiger partial charge on any atom is -0.355 e. The number of rotatable bonds is 5. The summed E-state index contributed by atoms with van der Waals surface area (Å²) >= 11 is 1.96. The molecule has 0 amide bonds. The molecule has 7 nitrogen and oxygen atoms in total. The fourth-order valence-electron chi connectivity index (χ4n) is 2.48. The Kier molecular flexibility index (Phi) is 8.92. The van der Waals surface area contributed by atoms with Gasteiger partial charge in [0.25, 0.3) is 0 Å². The van der Waals surface area contributed by atoms with Crippen molar-refractivity contribution < 1.29 is 8.42 Å². The van der Waals surface area contributed by atoms with Crippen LogP contribution in [-0.2, 0) is 10.0 Å². The summed E-state index contributed by atoms with van der Waals surface area (Å²) in [5.41, 5.74) is 0. The first-order valence-corrected chi connectivity index (χ1v) is 10.3. The van der Waals surface area contributed by atoms with Crippen LogP contribution in [0, 0.1) is 0 Å². The molecule has 2 N–H and O–H groups in total. The first-order valence-electron chi connectivity index (χ1n) is 7.83. The van der Waals surface area contributed by atoms with Gasteiger partial charge in [-0.3, -0.25) is 9.98 Å². The lowest BCUT2D eigenvalue weighted by molar-refractivity contribution is 0.376. The fraction of sp³-hybridized carbons (Fsp3) is 0.600. The summed E-state index contributed by atoms with van der Waals surface area (Å²) in [7, 11) is -1.77. The quantitative estimate of drug-likeness (QED) is 0.276. The fourth-order valence-corrected chi connectivity index (χ4v) is 4.58. The Bertz CT molecular complexity index is 668. The van der Waals surface area contributed by atoms with E-state index in [0.717, 1.165) is 24.8 Å². The van der Waals surface area contributed by atoms with Crippen LogP contribution in [-0.4, -0.2) is 68.0 Å². The number of hydrogen-bond acceptors (Lipinski definition) is 5. The maximum atomic E-state index is 12.1. The van der Waals surface area contributed by atoms with E-state index < -0.39 is 10.0 Å². The van der Waals surface area contributed by atoms with Crippen LogP contribution in [0.3, 0.4) is 0 Å². The molecule has 142 valence electrons. The number of thioether (sulfide) groups is 1. The van der Waals surface area contributed by atoms with Gasteiger partial charge in [-0.2, -0.15) is 11.8 Å². The van der Waals surface area contributed by atoms with Crippen molar-refractivity contribution in [2.45, 2.75) is 23.5 Å². The van der Waals surface area contributed by atoms with Gasteiger partial charge in [-0.1, -0.05) is 0 Å². The van der Waals surface area contributed by atoms with Crippen molar-refractivity contribution in [1.82, 2.24) is 19.9 Å². The van der Waals surface area contributed by atoms with E-state index in [2.05, 4.69) is 38.8 Å². The van der Waals surface area contributed by atoms with Crippen LogP contribution >= 0.6 is 35.7 Å². The third-order valence-corrected chi connectivity index (χ3v) is 6.33. The Morgan fingerprint density at radius 3 is 2.80 bits per heavy atom. The third-order valence-electron chi connectivity index (χ3n) is 3.58. The molecule has 0 atom stereocenters. The molecular weight excluding hydrogens is 473 g/mol. The van der Waals surface area contributed by atoms with Gasteiger partial charge < -0.3 is 10.2 Å². The normalized spacial score (nSPS) is 17.7. The molecule has 2 heterocycles. The highest BCUT2D eigenvalue weighted by Gasteiger charge is 2.28. The number of halogens is 1. The molecule has 2 rings (SSSR count). The topological polar surface area (TPSA) is 86.7 Å². The molecule has 0 bridgehead atoms. The lowest BCUT2D eigenvalue weighted by Gasteiger charge is -2.39. The van der Waals surface area contributed by atoms with Gasteiger partial charge in [0.1, 0.15) is 4.90 Å². The molecule has 0 radical (unpaired) electrons. The van der Waals surface area contributed by atoms with Crippen molar-refractivity contribution in [3.63, 3.8) is 0 Å². The van der Waals surface area contributed by atoms with Crippen LogP contribution in [0.5, 0.6) is 0 Å². The van der Waals surface area contributed by atoms with E-state index in [1.807, 2.05) is 11.8 Å². The molecular formula is C15H26IN5O2S2. The van der Waals surface area contributed by atoms with Crippen molar-refractivity contribution >= 4 is 51.7 Å². The third kappa shape index (κ3) is 6.91. The molecule has 1 aromatic rings. The van der Waals surface area contributed by atoms with Crippen molar-refractivity contribution in [2.75, 3.05) is 39.0 Å². The number of nitrogens with zero attached hydrogens (tertiary/aromatic N) is 3. The smallest absolute Gasteiger partial charge is 0.242 e. The lowest BCUT2D eigenvalue weighted by Crippen LogP contribution is -2.51. The molecule has 0 aromatic carbocycles. The van der Waals surface area contributed by atoms with Gasteiger partial charge in [0.2, 0.25) is 10.0 Å². The van der Waals surface area contributed by atoms with E-state index in [1.165, 1.54) is 12.3 Å². The molecule has 1 aromatic heterocycles. The van der Waals surface area contributed by atoms with Gasteiger partial charge in [0, 0.05) is 56.1 Å². The van der Waals surface area contributed by atoms with Gasteiger partial charge in [0.15, 0.2) is 5.96 Å². The molecule has 0 spiro atoms. The largest absolute Gasteiger partial charge is 0.355 e. The number of sulfonamides is 1. The highest BCUT2D eigenvalue weighted by Crippen LogP contribution is 2.29. The van der Waals surface area contributed by atoms with Gasteiger partial charge in [-0.05, 0) is 26.0 Å². The molecule has 1 aliphatic heterocycles. The molecule has 1 aliphatic rings. The summed E-state index contributed by atoms with van der Waals surface area (Å²) in [6.07, 6.45) is 2.88. The zero-order valence-electron chi connectivity index (χ0n) is 14.7. The average molecular weight is 499 g/mol. The van der Waals surface area contributed by atoms with E-state index in [-0.39, 0.29) is 40.2 Å². The molecule has 10 heteroatoms. The Hall–Kier alpha value is -0.590. The molecule has 0 aliphatic carbocycles. The van der Waals surface area contributed by atoms with Crippen LogP contribution in [0.2, 0.25) is 0 Å². The summed E-state index contributed by atoms with van der Waals surface area (Å²) in [5, 5.41) is 3.23. The zero-order chi connectivity index (χ0) is 17.6. The number of hydrogen-bond donors (Lipinski definition) is 2. The van der Waals surface area contributed by atoms with E-state index in [4.69, 9.17) is 0 Å². The number of guanidine groups is 1. The second-order valence-corrected chi connectivity index (χ2v) is 9.66. The number of pyridine rings is 1. The highest BCUT2D eigenvalue weighted by molar-refractivity contribution is 14.0. The van der Waals surface area contributed by atoms with Crippen molar-refractivity contribution in [1.29, 1.82) is 0 Å². The van der Waals surface area contributed by atoms with Crippen LogP contribution in [0.4, 0.5) is 0 Å². The van der Waals surface area contributed by atoms with Crippen LogP contribution in [0.25, 0.3) is 0 Å². The first kappa shape index (κ1) is 22.5. The maximum absolute atomic E-state index is 12.1. The van der Waals surface area contributed by atoms with Gasteiger partial charge in [-0.25, -0.2) is 13.1 Å². The number of aliphatic imine (C=N–C) groups is 1. The Labute approximate surface area is 171 Å². The molecule has 0 unspecified atom stereocenters. The number of aromatic nitrogens is 1. The van der Waals surface area contributed by atoms with E-state index >= 15 is 0 Å². The predicted octanol–water partition coefficient (Wildman–Crippen LogP) is 1.38. The molecule has 0 saturated carbocycles. The Morgan fingerprint density at radius 1 is 1.44 bits per heavy atom. The average Bonchev–Trinajstić information content (AvgIpc) is 2.55. The Morgan fingerprint density at radius 2 is 2.20 bits per heavy atom. The minimum absolute atomic E-state index is 0. The molecule has 1 fully saturated rings. The minimum atomic E-state index is -3.52. The second kappa shape index (κ2) is 9.93.